The summed E-state index contributed by atoms with van der Waals surface area (Å²) in [6.45, 7) is 1.92. The van der Waals surface area contributed by atoms with Gasteiger partial charge in [0.15, 0.2) is 10.3 Å². The second-order valence-corrected chi connectivity index (χ2v) is 7.23. The van der Waals surface area contributed by atoms with Crippen molar-refractivity contribution in [3.63, 3.8) is 0 Å². The maximum absolute atomic E-state index is 12.8. The van der Waals surface area contributed by atoms with Gasteiger partial charge < -0.3 is 15.8 Å². The maximum atomic E-state index is 12.8. The molecule has 0 spiro atoms. The van der Waals surface area contributed by atoms with Crippen LogP contribution in [0.15, 0.2) is 34.8 Å². The summed E-state index contributed by atoms with van der Waals surface area (Å²) in [6.07, 6.45) is 2.42. The van der Waals surface area contributed by atoms with Crippen LogP contribution in [-0.4, -0.2) is 39.0 Å². The lowest BCUT2D eigenvalue weighted by Crippen LogP contribution is -2.27. The molecule has 0 aliphatic carbocycles. The van der Waals surface area contributed by atoms with Crippen LogP contribution in [0.2, 0.25) is 0 Å². The largest absolute Gasteiger partial charge is 0.497 e. The van der Waals surface area contributed by atoms with E-state index >= 15 is 0 Å². The zero-order valence-corrected chi connectivity index (χ0v) is 16.8. The molecule has 0 aliphatic heterocycles. The van der Waals surface area contributed by atoms with Gasteiger partial charge in [0.2, 0.25) is 11.9 Å². The molecule has 1 atom stereocenters. The first-order valence-electron chi connectivity index (χ1n) is 8.22. The number of anilines is 2. The van der Waals surface area contributed by atoms with E-state index in [1.165, 1.54) is 23.1 Å². The summed E-state index contributed by atoms with van der Waals surface area (Å²) in [4.78, 5) is 17.3. The van der Waals surface area contributed by atoms with Crippen molar-refractivity contribution < 1.29 is 9.53 Å². The van der Waals surface area contributed by atoms with Crippen LogP contribution in [0.1, 0.15) is 19.4 Å². The van der Waals surface area contributed by atoms with E-state index in [2.05, 4.69) is 20.5 Å². The van der Waals surface area contributed by atoms with Crippen LogP contribution in [0.4, 0.5) is 11.1 Å². The first kappa shape index (κ1) is 19.2. The van der Waals surface area contributed by atoms with Gasteiger partial charge >= 0.3 is 0 Å². The second kappa shape index (κ2) is 8.40. The minimum absolute atomic E-state index is 0.199. The highest BCUT2D eigenvalue weighted by molar-refractivity contribution is 7.98. The van der Waals surface area contributed by atoms with Crippen molar-refractivity contribution in [1.29, 1.82) is 0 Å². The Morgan fingerprint density at radius 2 is 2.11 bits per heavy atom. The Labute approximate surface area is 165 Å². The number of nitrogens with one attached hydrogen (secondary N) is 1. The van der Waals surface area contributed by atoms with Gasteiger partial charge in [0, 0.05) is 10.9 Å². The molecule has 0 bridgehead atoms. The number of aromatic nitrogens is 4. The van der Waals surface area contributed by atoms with Crippen molar-refractivity contribution in [3.05, 3.63) is 29.6 Å². The number of carbonyl (C=O) groups is 1. The molecule has 3 N–H and O–H groups in total. The summed E-state index contributed by atoms with van der Waals surface area (Å²) < 4.78 is 6.82. The Hall–Kier alpha value is -2.59. The molecule has 2 heterocycles. The zero-order valence-electron chi connectivity index (χ0n) is 15.2. The summed E-state index contributed by atoms with van der Waals surface area (Å²) in [5.74, 6) is 0.804. The number of thioether (sulfide) groups is 1. The molecule has 3 rings (SSSR count). The van der Waals surface area contributed by atoms with Crippen molar-refractivity contribution >= 4 is 40.1 Å². The topological polar surface area (TPSA) is 108 Å². The third-order valence-electron chi connectivity index (χ3n) is 3.99. The summed E-state index contributed by atoms with van der Waals surface area (Å²) in [5, 5.41) is 13.8. The van der Waals surface area contributed by atoms with Gasteiger partial charge in [-0.15, -0.1) is 21.5 Å². The number of ether oxygens (including phenoxy) is 1. The smallest absolute Gasteiger partial charge is 0.249 e. The fourth-order valence-corrected chi connectivity index (χ4v) is 3.88. The van der Waals surface area contributed by atoms with Crippen LogP contribution in [0.25, 0.3) is 11.3 Å². The first-order valence-corrected chi connectivity index (χ1v) is 10.3. The molecule has 3 aromatic rings. The van der Waals surface area contributed by atoms with Gasteiger partial charge in [0.05, 0.1) is 12.8 Å². The van der Waals surface area contributed by atoms with Gasteiger partial charge in [0.1, 0.15) is 11.8 Å². The second-order valence-electron chi connectivity index (χ2n) is 5.59. The van der Waals surface area contributed by atoms with Gasteiger partial charge in [-0.25, -0.2) is 4.98 Å². The summed E-state index contributed by atoms with van der Waals surface area (Å²) >= 11 is 2.76. The molecule has 1 amide bonds. The summed E-state index contributed by atoms with van der Waals surface area (Å²) in [6, 6.07) is 7.10. The fourth-order valence-electron chi connectivity index (χ4n) is 2.62. The maximum Gasteiger partial charge on any atom is 0.249 e. The molecular formula is C17H20N6O2S2. The minimum atomic E-state index is -0.504. The van der Waals surface area contributed by atoms with Crippen molar-refractivity contribution in [2.75, 3.05) is 24.4 Å². The number of thiazole rings is 1. The van der Waals surface area contributed by atoms with Gasteiger partial charge in [0.25, 0.3) is 0 Å². The number of nitrogens with two attached hydrogens (primary N) is 1. The van der Waals surface area contributed by atoms with Crippen LogP contribution in [-0.2, 0) is 4.79 Å². The molecule has 2 aromatic heterocycles. The van der Waals surface area contributed by atoms with Crippen LogP contribution in [0.5, 0.6) is 5.75 Å². The molecule has 1 aromatic carbocycles. The third kappa shape index (κ3) is 4.06. The molecule has 142 valence electrons. The van der Waals surface area contributed by atoms with E-state index in [4.69, 9.17) is 10.5 Å². The van der Waals surface area contributed by atoms with Crippen LogP contribution in [0, 0.1) is 0 Å². The van der Waals surface area contributed by atoms with Gasteiger partial charge in [-0.1, -0.05) is 18.7 Å². The Morgan fingerprint density at radius 3 is 2.74 bits per heavy atom. The molecule has 0 fully saturated rings. The molecule has 8 nitrogen and oxygen atoms in total. The number of benzene rings is 1. The highest BCUT2D eigenvalue weighted by Crippen LogP contribution is 2.28. The van der Waals surface area contributed by atoms with E-state index < -0.39 is 6.04 Å². The summed E-state index contributed by atoms with van der Waals surface area (Å²) in [5.41, 5.74) is 7.64. The van der Waals surface area contributed by atoms with E-state index in [1.54, 1.807) is 11.7 Å². The molecule has 0 saturated heterocycles. The Kier molecular flexibility index (Phi) is 5.97. The number of hydrogen-bond donors (Lipinski definition) is 2. The zero-order chi connectivity index (χ0) is 19.4. The number of amides is 1. The van der Waals surface area contributed by atoms with Crippen LogP contribution >= 0.6 is 23.1 Å². The number of methoxy groups -OCH3 is 1. The Morgan fingerprint density at radius 1 is 1.37 bits per heavy atom. The molecule has 0 saturated carbocycles. The summed E-state index contributed by atoms with van der Waals surface area (Å²) in [7, 11) is 1.63. The number of carbonyl (C=O) groups excluding carboxylic acids is 1. The quantitative estimate of drug-likeness (QED) is 0.582. The van der Waals surface area contributed by atoms with Gasteiger partial charge in [-0.2, -0.15) is 0 Å². The molecule has 27 heavy (non-hydrogen) atoms. The SMILES string of the molecule is CCC(C(=O)Nc1nc(-c2ccc(OC)cc2)cs1)n1c(N)nnc1SC. The van der Waals surface area contributed by atoms with E-state index in [0.29, 0.717) is 16.7 Å². The minimum Gasteiger partial charge on any atom is -0.497 e. The van der Waals surface area contributed by atoms with Crippen molar-refractivity contribution in [2.45, 2.75) is 24.5 Å². The third-order valence-corrected chi connectivity index (χ3v) is 5.40. The van der Waals surface area contributed by atoms with E-state index in [1.807, 2.05) is 42.8 Å². The number of nitrogens with zero attached hydrogens (tertiary/aromatic N) is 4. The molecule has 10 heteroatoms. The Balaban J connectivity index is 1.77. The number of nitrogen functional groups attached to an aromatic ring is 1. The fraction of sp³-hybridized carbons (Fsp3) is 0.294. The van der Waals surface area contributed by atoms with Crippen LogP contribution < -0.4 is 15.8 Å². The van der Waals surface area contributed by atoms with Crippen LogP contribution in [0.3, 0.4) is 0 Å². The Bertz CT molecular complexity index is 922. The first-order chi connectivity index (χ1) is 13.1. The predicted molar refractivity (Wildman–Crippen MR) is 108 cm³/mol. The van der Waals surface area contributed by atoms with E-state index in [-0.39, 0.29) is 11.9 Å². The average Bonchev–Trinajstić information content (AvgIpc) is 3.30. The number of hydrogen-bond acceptors (Lipinski definition) is 8. The number of rotatable bonds is 7. The monoisotopic (exact) mass is 404 g/mol. The van der Waals surface area contributed by atoms with Gasteiger partial charge in [-0.3, -0.25) is 9.36 Å². The molecule has 0 aliphatic rings. The highest BCUT2D eigenvalue weighted by Gasteiger charge is 2.25. The lowest BCUT2D eigenvalue weighted by molar-refractivity contribution is -0.119. The van der Waals surface area contributed by atoms with Crippen molar-refractivity contribution in [3.8, 4) is 17.0 Å². The standard InChI is InChI=1S/C17H20N6O2S2/c1-4-13(23-15(18)21-22-17(23)26-3)14(24)20-16-19-12(9-27-16)10-5-7-11(25-2)8-6-10/h5-9,13H,4H2,1-3H3,(H2,18,21)(H,19,20,24). The van der Waals surface area contributed by atoms with Crippen molar-refractivity contribution in [1.82, 2.24) is 19.7 Å². The van der Waals surface area contributed by atoms with Gasteiger partial charge in [-0.05, 0) is 36.9 Å². The normalized spacial score (nSPS) is 12.0. The lowest BCUT2D eigenvalue weighted by Gasteiger charge is -2.17. The predicted octanol–water partition coefficient (Wildman–Crippen LogP) is 3.30. The lowest BCUT2D eigenvalue weighted by atomic mass is 10.2. The molecular weight excluding hydrogens is 384 g/mol. The van der Waals surface area contributed by atoms with Crippen molar-refractivity contribution in [2.24, 2.45) is 0 Å². The van der Waals surface area contributed by atoms with E-state index in [9.17, 15) is 4.79 Å². The average molecular weight is 405 g/mol. The molecule has 1 unspecified atom stereocenters. The highest BCUT2D eigenvalue weighted by atomic mass is 32.2. The molecule has 0 radical (unpaired) electrons. The van der Waals surface area contributed by atoms with E-state index in [0.717, 1.165) is 17.0 Å².